The second-order valence-electron chi connectivity index (χ2n) is 12.0. The number of hydrogen-bond acceptors (Lipinski definition) is 4. The molecular weight excluding hydrogens is 425 g/mol. The lowest BCUT2D eigenvalue weighted by molar-refractivity contribution is -0.111. The van der Waals surface area contributed by atoms with E-state index in [1.54, 1.807) is 0 Å². The van der Waals surface area contributed by atoms with E-state index in [-0.39, 0.29) is 16.2 Å². The van der Waals surface area contributed by atoms with Crippen molar-refractivity contribution in [1.82, 2.24) is 0 Å². The van der Waals surface area contributed by atoms with Crippen LogP contribution in [0.5, 0.6) is 0 Å². The summed E-state index contributed by atoms with van der Waals surface area (Å²) in [5, 5.41) is 0.784. The van der Waals surface area contributed by atoms with Crippen LogP contribution in [-0.4, -0.2) is 40.2 Å². The number of unbranched alkanes of at least 4 members (excludes halogenated alkanes) is 1. The van der Waals surface area contributed by atoms with Crippen LogP contribution in [0.2, 0.25) is 36.3 Å². The Labute approximate surface area is 195 Å². The predicted octanol–water partition coefficient (Wildman–Crippen LogP) is 8.26. The van der Waals surface area contributed by atoms with Crippen LogP contribution < -0.4 is 0 Å². The first-order chi connectivity index (χ1) is 13.4. The van der Waals surface area contributed by atoms with E-state index in [0.29, 0.717) is 17.5 Å². The molecule has 0 aromatic carbocycles. The molecule has 6 heteroatoms. The average molecular weight is 477 g/mol. The van der Waals surface area contributed by atoms with Crippen LogP contribution in [0.15, 0.2) is 0 Å². The molecule has 180 valence electrons. The first kappa shape index (κ1) is 30.4. The van der Waals surface area contributed by atoms with Crippen LogP contribution in [0.1, 0.15) is 87.5 Å². The monoisotopic (exact) mass is 476 g/mol. The van der Waals surface area contributed by atoms with E-state index in [1.807, 2.05) is 6.92 Å². The minimum Gasteiger partial charge on any atom is -0.417 e. The maximum absolute atomic E-state index is 12.1. The summed E-state index contributed by atoms with van der Waals surface area (Å²) in [6, 6.07) is 0. The normalized spacial score (nSPS) is 15.9. The zero-order valence-electron chi connectivity index (χ0n) is 22.2. The Kier molecular flexibility index (Phi) is 12.7. The fourth-order valence-corrected chi connectivity index (χ4v) is 6.09. The van der Waals surface area contributed by atoms with Crippen LogP contribution in [-0.2, 0) is 13.6 Å². The smallest absolute Gasteiger partial charge is 0.192 e. The molecular formula is C24H52O3SSi2. The van der Waals surface area contributed by atoms with E-state index in [1.165, 1.54) is 11.8 Å². The van der Waals surface area contributed by atoms with E-state index in [0.717, 1.165) is 38.0 Å². The SMILES string of the molecule is CCSC(=O)C[C@@H](C)C[C@@H](CCCCO[Si](C)(C)C(C)(C)C)O[Si](C)(C)C(C)(C)C. The first-order valence-electron chi connectivity index (χ1n) is 11.9. The Balaban J connectivity index is 4.83. The molecule has 0 aliphatic carbocycles. The van der Waals surface area contributed by atoms with E-state index in [9.17, 15) is 4.79 Å². The van der Waals surface area contributed by atoms with Crippen LogP contribution in [0.25, 0.3) is 0 Å². The standard InChI is InChI=1S/C24H52O3SSi2/c1-13-28-22(25)19-20(2)18-21(27-30(11,12)24(6,7)8)16-14-15-17-26-29(9,10)23(3,4)5/h20-21H,13-19H2,1-12H3/t20-,21+/m0/s1. The van der Waals surface area contributed by atoms with Gasteiger partial charge in [0.1, 0.15) is 0 Å². The predicted molar refractivity (Wildman–Crippen MR) is 141 cm³/mol. The van der Waals surface area contributed by atoms with E-state index in [4.69, 9.17) is 8.85 Å². The van der Waals surface area contributed by atoms with E-state index in [2.05, 4.69) is 74.7 Å². The lowest BCUT2D eigenvalue weighted by Crippen LogP contribution is -2.44. The first-order valence-corrected chi connectivity index (χ1v) is 18.7. The van der Waals surface area contributed by atoms with Gasteiger partial charge in [0, 0.05) is 19.1 Å². The molecule has 0 fully saturated rings. The van der Waals surface area contributed by atoms with Crippen molar-refractivity contribution in [2.75, 3.05) is 12.4 Å². The van der Waals surface area contributed by atoms with Gasteiger partial charge in [0.25, 0.3) is 0 Å². The average Bonchev–Trinajstić information content (AvgIpc) is 2.51. The van der Waals surface area contributed by atoms with Gasteiger partial charge in [-0.05, 0) is 73.6 Å². The molecule has 3 nitrogen and oxygen atoms in total. The molecule has 0 unspecified atom stereocenters. The molecule has 0 saturated heterocycles. The van der Waals surface area contributed by atoms with Gasteiger partial charge in [-0.15, -0.1) is 0 Å². The highest BCUT2D eigenvalue weighted by Gasteiger charge is 2.39. The highest BCUT2D eigenvalue weighted by atomic mass is 32.2. The van der Waals surface area contributed by atoms with E-state index >= 15 is 0 Å². The van der Waals surface area contributed by atoms with Crippen molar-refractivity contribution in [3.05, 3.63) is 0 Å². The summed E-state index contributed by atoms with van der Waals surface area (Å²) in [6.45, 7) is 28.2. The fourth-order valence-electron chi connectivity index (χ4n) is 2.87. The summed E-state index contributed by atoms with van der Waals surface area (Å²) in [4.78, 5) is 12.1. The van der Waals surface area contributed by atoms with Crippen molar-refractivity contribution in [1.29, 1.82) is 0 Å². The summed E-state index contributed by atoms with van der Waals surface area (Å²) in [5.41, 5.74) is 0. The van der Waals surface area contributed by atoms with Crippen molar-refractivity contribution in [2.45, 2.75) is 130 Å². The van der Waals surface area contributed by atoms with Gasteiger partial charge in [-0.3, -0.25) is 4.79 Å². The minimum atomic E-state index is -1.83. The lowest BCUT2D eigenvalue weighted by atomic mass is 9.98. The third-order valence-electron chi connectivity index (χ3n) is 6.94. The molecule has 0 saturated carbocycles. The largest absolute Gasteiger partial charge is 0.417 e. The molecule has 0 aromatic rings. The maximum Gasteiger partial charge on any atom is 0.192 e. The molecule has 0 bridgehead atoms. The third-order valence-corrected chi connectivity index (χ3v) is 16.8. The van der Waals surface area contributed by atoms with Gasteiger partial charge >= 0.3 is 0 Å². The molecule has 2 atom stereocenters. The second-order valence-corrected chi connectivity index (χ2v) is 22.8. The summed E-state index contributed by atoms with van der Waals surface area (Å²) >= 11 is 1.45. The Morgan fingerprint density at radius 3 is 1.93 bits per heavy atom. The lowest BCUT2D eigenvalue weighted by Gasteiger charge is -2.40. The number of thioether (sulfide) groups is 1. The Hall–Kier alpha value is 0.374. The number of carbonyl (C=O) groups is 1. The summed E-state index contributed by atoms with van der Waals surface area (Å²) in [6.07, 6.45) is 5.15. The van der Waals surface area contributed by atoms with Crippen molar-refractivity contribution in [3.8, 4) is 0 Å². The molecule has 30 heavy (non-hydrogen) atoms. The maximum atomic E-state index is 12.1. The minimum absolute atomic E-state index is 0.202. The summed E-state index contributed by atoms with van der Waals surface area (Å²) in [7, 11) is -3.49. The Morgan fingerprint density at radius 1 is 0.933 bits per heavy atom. The van der Waals surface area contributed by atoms with Crippen molar-refractivity contribution >= 4 is 33.5 Å². The molecule has 0 amide bonds. The van der Waals surface area contributed by atoms with Crippen LogP contribution in [0.3, 0.4) is 0 Å². The van der Waals surface area contributed by atoms with Gasteiger partial charge < -0.3 is 8.85 Å². The number of rotatable bonds is 13. The molecule has 0 spiro atoms. The summed E-state index contributed by atoms with van der Waals surface area (Å²) in [5.74, 6) is 1.23. The van der Waals surface area contributed by atoms with Gasteiger partial charge in [0.15, 0.2) is 21.8 Å². The van der Waals surface area contributed by atoms with Gasteiger partial charge in [-0.25, -0.2) is 0 Å². The van der Waals surface area contributed by atoms with Gasteiger partial charge in [-0.2, -0.15) is 0 Å². The quantitative estimate of drug-likeness (QED) is 0.198. The molecule has 0 radical (unpaired) electrons. The zero-order chi connectivity index (χ0) is 23.8. The van der Waals surface area contributed by atoms with Crippen LogP contribution in [0.4, 0.5) is 0 Å². The topological polar surface area (TPSA) is 35.5 Å². The van der Waals surface area contributed by atoms with Crippen molar-refractivity contribution in [2.24, 2.45) is 5.92 Å². The molecule has 0 aliphatic heterocycles. The molecule has 0 heterocycles. The van der Waals surface area contributed by atoms with Gasteiger partial charge in [-0.1, -0.05) is 67.2 Å². The molecule has 0 aliphatic rings. The van der Waals surface area contributed by atoms with Crippen molar-refractivity contribution < 1.29 is 13.6 Å². The third kappa shape index (κ3) is 11.3. The zero-order valence-corrected chi connectivity index (χ0v) is 25.1. The molecule has 0 aromatic heterocycles. The van der Waals surface area contributed by atoms with E-state index < -0.39 is 16.6 Å². The molecule has 0 N–H and O–H groups in total. The number of carbonyl (C=O) groups excluding carboxylic acids is 1. The Morgan fingerprint density at radius 2 is 1.47 bits per heavy atom. The fraction of sp³-hybridized carbons (Fsp3) is 0.958. The Bertz CT molecular complexity index is 508. The summed E-state index contributed by atoms with van der Waals surface area (Å²) < 4.78 is 13.2. The highest BCUT2D eigenvalue weighted by Crippen LogP contribution is 2.39. The van der Waals surface area contributed by atoms with Gasteiger partial charge in [0.05, 0.1) is 0 Å². The molecule has 0 rings (SSSR count). The van der Waals surface area contributed by atoms with Crippen molar-refractivity contribution in [3.63, 3.8) is 0 Å². The second kappa shape index (κ2) is 12.6. The number of hydrogen-bond donors (Lipinski definition) is 0. The van der Waals surface area contributed by atoms with Crippen LogP contribution in [0, 0.1) is 5.92 Å². The van der Waals surface area contributed by atoms with Crippen LogP contribution >= 0.6 is 11.8 Å². The van der Waals surface area contributed by atoms with Gasteiger partial charge in [0.2, 0.25) is 0 Å². The highest BCUT2D eigenvalue weighted by molar-refractivity contribution is 8.13.